The van der Waals surface area contributed by atoms with Gasteiger partial charge >= 0.3 is 0 Å². The van der Waals surface area contributed by atoms with Gasteiger partial charge in [0.2, 0.25) is 0 Å². The predicted octanol–water partition coefficient (Wildman–Crippen LogP) is 17.2. The van der Waals surface area contributed by atoms with Crippen LogP contribution in [0.2, 0.25) is 0 Å². The zero-order chi connectivity index (χ0) is 42.9. The molecule has 0 saturated heterocycles. The first kappa shape index (κ1) is 38.3. The van der Waals surface area contributed by atoms with Crippen LogP contribution < -0.4 is 4.90 Å². The first-order chi connectivity index (χ1) is 32.2. The summed E-state index contributed by atoms with van der Waals surface area (Å²) in [6.45, 7) is 0. The molecular formula is C64H51N. The minimum absolute atomic E-state index is 0.199. The minimum Gasteiger partial charge on any atom is -0.311 e. The number of nitrogens with zero attached hydrogens (tertiary/aromatic N) is 1. The van der Waals surface area contributed by atoms with Crippen molar-refractivity contribution in [3.63, 3.8) is 0 Å². The first-order valence-corrected chi connectivity index (χ1v) is 23.8. The largest absolute Gasteiger partial charge is 0.311 e. The van der Waals surface area contributed by atoms with Crippen molar-refractivity contribution in [1.82, 2.24) is 0 Å². The lowest BCUT2D eigenvalue weighted by atomic mass is 9.43. The Labute approximate surface area is 383 Å². The summed E-state index contributed by atoms with van der Waals surface area (Å²) in [5.41, 5.74) is 22.1. The minimum atomic E-state index is 0.199. The summed E-state index contributed by atoms with van der Waals surface area (Å²) in [6.07, 6.45) is 7.13. The number of benzene rings is 9. The molecule has 5 aliphatic carbocycles. The monoisotopic (exact) mass is 833 g/mol. The Bertz CT molecular complexity index is 2990. The first-order valence-electron chi connectivity index (χ1n) is 23.8. The summed E-state index contributed by atoms with van der Waals surface area (Å²) in [6, 6.07) is 83.4. The van der Waals surface area contributed by atoms with Gasteiger partial charge in [-0.05, 0) is 176 Å². The molecule has 65 heavy (non-hydrogen) atoms. The molecule has 0 unspecified atom stereocenters. The van der Waals surface area contributed by atoms with Crippen molar-refractivity contribution in [3.8, 4) is 66.8 Å². The summed E-state index contributed by atoms with van der Waals surface area (Å²) in [7, 11) is 0. The molecular weight excluding hydrogens is 783 g/mol. The molecule has 0 heterocycles. The molecule has 1 nitrogen and oxygen atoms in total. The van der Waals surface area contributed by atoms with Crippen molar-refractivity contribution in [1.29, 1.82) is 0 Å². The Kier molecular flexibility index (Phi) is 9.12. The number of hydrogen-bond acceptors (Lipinski definition) is 1. The maximum Gasteiger partial charge on any atom is 0.0462 e. The Morgan fingerprint density at radius 3 is 1.03 bits per heavy atom. The topological polar surface area (TPSA) is 3.24 Å². The van der Waals surface area contributed by atoms with E-state index < -0.39 is 0 Å². The third kappa shape index (κ3) is 6.43. The molecule has 0 amide bonds. The summed E-state index contributed by atoms with van der Waals surface area (Å²) in [5, 5.41) is 0. The van der Waals surface area contributed by atoms with Crippen LogP contribution in [-0.4, -0.2) is 0 Å². The molecule has 0 N–H and O–H groups in total. The Balaban J connectivity index is 0.835. The summed E-state index contributed by atoms with van der Waals surface area (Å²) >= 11 is 0. The molecule has 4 saturated carbocycles. The van der Waals surface area contributed by atoms with Gasteiger partial charge in [0.15, 0.2) is 0 Å². The lowest BCUT2D eigenvalue weighted by molar-refractivity contribution is -0.0399. The van der Waals surface area contributed by atoms with Gasteiger partial charge < -0.3 is 4.90 Å². The molecule has 9 aromatic carbocycles. The van der Waals surface area contributed by atoms with E-state index in [-0.39, 0.29) is 5.41 Å². The summed E-state index contributed by atoms with van der Waals surface area (Å²) < 4.78 is 0. The average Bonchev–Trinajstić information content (AvgIpc) is 3.67. The van der Waals surface area contributed by atoms with Crippen LogP contribution in [0.4, 0.5) is 17.1 Å². The van der Waals surface area contributed by atoms with Crippen LogP contribution in [0.1, 0.15) is 43.2 Å². The third-order valence-corrected chi connectivity index (χ3v) is 15.9. The zero-order valence-electron chi connectivity index (χ0n) is 36.7. The van der Waals surface area contributed by atoms with Crippen LogP contribution in [0.15, 0.2) is 224 Å². The quantitative estimate of drug-likeness (QED) is 0.147. The molecule has 9 aromatic rings. The van der Waals surface area contributed by atoms with Gasteiger partial charge in [0, 0.05) is 22.5 Å². The summed E-state index contributed by atoms with van der Waals surface area (Å²) in [5.74, 6) is 3.45. The standard InChI is InChI=1S/C64H51N/c1-3-9-45(10-4-1)47-15-19-49(20-16-47)51-23-30-57(31-24-51)65(58-32-25-52(26-33-58)50-21-17-48(18-22-50)46-11-5-2-6-12-46)59-34-27-53(28-35-59)54-29-36-63-61(42-54)60-13-7-8-14-62(60)64(63)55-38-43-37-44(40-55)41-56(64)39-43/h1-36,42-44,55-56H,37-41H2. The molecule has 0 aromatic heterocycles. The highest BCUT2D eigenvalue weighted by Gasteiger charge is 2.61. The molecule has 1 spiro atoms. The van der Waals surface area contributed by atoms with Gasteiger partial charge in [-0.25, -0.2) is 0 Å². The Hall–Kier alpha value is -7.22. The fourth-order valence-corrected chi connectivity index (χ4v) is 13.2. The lowest BCUT2D eigenvalue weighted by Crippen LogP contribution is -2.55. The van der Waals surface area contributed by atoms with E-state index in [1.165, 1.54) is 98.9 Å². The second kappa shape index (κ2) is 15.5. The van der Waals surface area contributed by atoms with Crippen molar-refractivity contribution in [2.75, 3.05) is 4.90 Å². The van der Waals surface area contributed by atoms with E-state index in [0.29, 0.717) is 0 Å². The molecule has 312 valence electrons. The number of fused-ring (bicyclic) bond motifs is 3. The van der Waals surface area contributed by atoms with Crippen molar-refractivity contribution >= 4 is 17.1 Å². The highest BCUT2D eigenvalue weighted by atomic mass is 15.1. The second-order valence-electron chi connectivity index (χ2n) is 19.3. The van der Waals surface area contributed by atoms with Gasteiger partial charge in [0.05, 0.1) is 0 Å². The van der Waals surface area contributed by atoms with E-state index in [1.807, 2.05) is 0 Å². The SMILES string of the molecule is c1ccc(-c2ccc(-c3ccc(N(c4ccc(-c5ccc(-c6ccccc6)cc5)cc4)c4ccc(-c5ccc6c(c5)-c5ccccc5C65C6CC7CC(C6)CC5C7)cc4)cc3)cc2)cc1. The molecule has 5 aliphatic rings. The van der Waals surface area contributed by atoms with Crippen LogP contribution in [-0.2, 0) is 5.41 Å². The third-order valence-electron chi connectivity index (χ3n) is 15.9. The van der Waals surface area contributed by atoms with Crippen molar-refractivity contribution in [3.05, 3.63) is 236 Å². The number of hydrogen-bond donors (Lipinski definition) is 0. The predicted molar refractivity (Wildman–Crippen MR) is 272 cm³/mol. The van der Waals surface area contributed by atoms with Gasteiger partial charge in [-0.1, -0.05) is 182 Å². The number of anilines is 3. The van der Waals surface area contributed by atoms with Gasteiger partial charge in [0.1, 0.15) is 0 Å². The van der Waals surface area contributed by atoms with Gasteiger partial charge in [-0.3, -0.25) is 0 Å². The van der Waals surface area contributed by atoms with Crippen LogP contribution in [0, 0.1) is 23.7 Å². The van der Waals surface area contributed by atoms with Crippen LogP contribution in [0.3, 0.4) is 0 Å². The molecule has 0 radical (unpaired) electrons. The highest BCUT2D eigenvalue weighted by Crippen LogP contribution is 2.69. The van der Waals surface area contributed by atoms with Crippen molar-refractivity contribution in [2.45, 2.75) is 37.5 Å². The second-order valence-corrected chi connectivity index (χ2v) is 19.3. The van der Waals surface area contributed by atoms with E-state index >= 15 is 0 Å². The van der Waals surface area contributed by atoms with Crippen LogP contribution in [0.5, 0.6) is 0 Å². The normalized spacial score (nSPS) is 21.0. The smallest absolute Gasteiger partial charge is 0.0462 e. The lowest BCUT2D eigenvalue weighted by Gasteiger charge is -2.61. The fraction of sp³-hybridized carbons (Fsp3) is 0.156. The zero-order valence-corrected chi connectivity index (χ0v) is 36.7. The van der Waals surface area contributed by atoms with Crippen LogP contribution >= 0.6 is 0 Å². The molecule has 1 heteroatoms. The van der Waals surface area contributed by atoms with Crippen molar-refractivity contribution in [2.24, 2.45) is 23.7 Å². The Morgan fingerprint density at radius 1 is 0.277 bits per heavy atom. The maximum absolute atomic E-state index is 2.54. The average molecular weight is 834 g/mol. The summed E-state index contributed by atoms with van der Waals surface area (Å²) in [4.78, 5) is 2.39. The molecule has 4 bridgehead atoms. The molecule has 0 atom stereocenters. The van der Waals surface area contributed by atoms with Gasteiger partial charge in [0.25, 0.3) is 0 Å². The van der Waals surface area contributed by atoms with E-state index in [2.05, 4.69) is 229 Å². The van der Waals surface area contributed by atoms with Crippen molar-refractivity contribution < 1.29 is 0 Å². The molecule has 14 rings (SSSR count). The Morgan fingerprint density at radius 2 is 0.600 bits per heavy atom. The van der Waals surface area contributed by atoms with E-state index in [9.17, 15) is 0 Å². The number of rotatable bonds is 8. The van der Waals surface area contributed by atoms with E-state index in [4.69, 9.17) is 0 Å². The van der Waals surface area contributed by atoms with Gasteiger partial charge in [-0.2, -0.15) is 0 Å². The highest BCUT2D eigenvalue weighted by molar-refractivity contribution is 5.87. The maximum atomic E-state index is 2.54. The fourth-order valence-electron chi connectivity index (χ4n) is 13.2. The van der Waals surface area contributed by atoms with E-state index in [0.717, 1.165) is 40.7 Å². The van der Waals surface area contributed by atoms with Gasteiger partial charge in [-0.15, -0.1) is 0 Å². The van der Waals surface area contributed by atoms with Crippen LogP contribution in [0.25, 0.3) is 66.8 Å². The molecule has 4 fully saturated rings. The molecule has 0 aliphatic heterocycles. The van der Waals surface area contributed by atoms with E-state index in [1.54, 1.807) is 11.1 Å².